The average molecular weight is 394 g/mol. The number of nitrogens with one attached hydrogen (secondary N) is 1. The van der Waals surface area contributed by atoms with E-state index in [2.05, 4.69) is 11.4 Å². The number of amides is 3. The van der Waals surface area contributed by atoms with E-state index < -0.39 is 0 Å². The molecule has 1 aromatic rings. The van der Waals surface area contributed by atoms with Gasteiger partial charge in [-0.2, -0.15) is 5.26 Å². The zero-order valence-corrected chi connectivity index (χ0v) is 16.7. The number of nitriles is 1. The van der Waals surface area contributed by atoms with Crippen molar-refractivity contribution < 1.29 is 14.4 Å². The second-order valence-corrected chi connectivity index (χ2v) is 8.58. The zero-order chi connectivity index (χ0) is 20.6. The van der Waals surface area contributed by atoms with E-state index in [0.29, 0.717) is 38.2 Å². The van der Waals surface area contributed by atoms with Gasteiger partial charge in [0.05, 0.1) is 11.5 Å². The van der Waals surface area contributed by atoms with Gasteiger partial charge in [-0.1, -0.05) is 12.1 Å². The van der Waals surface area contributed by atoms with Crippen molar-refractivity contribution in [3.8, 4) is 6.07 Å². The van der Waals surface area contributed by atoms with E-state index in [-0.39, 0.29) is 28.7 Å². The van der Waals surface area contributed by atoms with E-state index in [4.69, 9.17) is 0 Å². The van der Waals surface area contributed by atoms with E-state index in [9.17, 15) is 19.6 Å². The van der Waals surface area contributed by atoms with Crippen LogP contribution in [0.25, 0.3) is 0 Å². The minimum atomic E-state index is -0.347. The van der Waals surface area contributed by atoms with Crippen molar-refractivity contribution in [2.24, 2.45) is 0 Å². The molecule has 1 heterocycles. The Balaban J connectivity index is 1.30. The monoisotopic (exact) mass is 394 g/mol. The molecule has 3 aliphatic rings. The minimum Gasteiger partial charge on any atom is -0.350 e. The molecule has 0 radical (unpaired) electrons. The first-order chi connectivity index (χ1) is 13.9. The molecule has 7 heteroatoms. The molecule has 2 saturated carbocycles. The summed E-state index contributed by atoms with van der Waals surface area (Å²) in [6, 6.07) is 9.75. The predicted molar refractivity (Wildman–Crippen MR) is 106 cm³/mol. The number of benzene rings is 1. The third-order valence-electron chi connectivity index (χ3n) is 6.35. The van der Waals surface area contributed by atoms with Crippen LogP contribution in [0, 0.1) is 11.3 Å². The molecule has 1 aromatic carbocycles. The fourth-order valence-corrected chi connectivity index (χ4v) is 4.13. The Kier molecular flexibility index (Phi) is 4.81. The van der Waals surface area contributed by atoms with E-state index >= 15 is 0 Å². The van der Waals surface area contributed by atoms with Crippen molar-refractivity contribution in [3.05, 3.63) is 35.4 Å². The number of rotatable bonds is 5. The van der Waals surface area contributed by atoms with Gasteiger partial charge in [0.25, 0.3) is 5.91 Å². The quantitative estimate of drug-likeness (QED) is 0.821. The van der Waals surface area contributed by atoms with Gasteiger partial charge in [0.2, 0.25) is 11.8 Å². The van der Waals surface area contributed by atoms with Crippen molar-refractivity contribution in [3.63, 3.8) is 0 Å². The Morgan fingerprint density at radius 3 is 2.07 bits per heavy atom. The third-order valence-corrected chi connectivity index (χ3v) is 6.35. The van der Waals surface area contributed by atoms with Crippen molar-refractivity contribution in [2.45, 2.75) is 50.0 Å². The largest absolute Gasteiger partial charge is 0.350 e. The summed E-state index contributed by atoms with van der Waals surface area (Å²) in [7, 11) is 0. The third kappa shape index (κ3) is 3.98. The summed E-state index contributed by atoms with van der Waals surface area (Å²) >= 11 is 0. The summed E-state index contributed by atoms with van der Waals surface area (Å²) in [5.41, 5.74) is 0.911. The predicted octanol–water partition coefficient (Wildman–Crippen LogP) is 1.58. The van der Waals surface area contributed by atoms with Gasteiger partial charge in [-0.05, 0) is 43.4 Å². The van der Waals surface area contributed by atoms with Crippen LogP contribution in [0.4, 0.5) is 0 Å². The Morgan fingerprint density at radius 2 is 1.59 bits per heavy atom. The molecule has 0 atom stereocenters. The molecule has 152 valence electrons. The molecule has 2 aliphatic carbocycles. The van der Waals surface area contributed by atoms with Gasteiger partial charge in [0, 0.05) is 50.6 Å². The van der Waals surface area contributed by atoms with Crippen LogP contribution in [0.5, 0.6) is 0 Å². The van der Waals surface area contributed by atoms with Gasteiger partial charge in [0.15, 0.2) is 0 Å². The maximum atomic E-state index is 12.8. The maximum Gasteiger partial charge on any atom is 0.253 e. The number of hydrogen-bond acceptors (Lipinski definition) is 4. The van der Waals surface area contributed by atoms with E-state index in [0.717, 1.165) is 31.2 Å². The highest BCUT2D eigenvalue weighted by atomic mass is 16.2. The van der Waals surface area contributed by atoms with Crippen LogP contribution in [-0.4, -0.2) is 59.2 Å². The first-order valence-electron chi connectivity index (χ1n) is 10.2. The van der Waals surface area contributed by atoms with Gasteiger partial charge in [-0.15, -0.1) is 0 Å². The normalized spacial score (nSPS) is 21.1. The van der Waals surface area contributed by atoms with Crippen LogP contribution in [-0.2, 0) is 15.0 Å². The number of carbonyl (C=O) groups is 3. The van der Waals surface area contributed by atoms with Crippen LogP contribution in [0.1, 0.15) is 54.9 Å². The van der Waals surface area contributed by atoms with Gasteiger partial charge in [-0.25, -0.2) is 0 Å². The lowest BCUT2D eigenvalue weighted by Gasteiger charge is -2.35. The van der Waals surface area contributed by atoms with Crippen LogP contribution >= 0.6 is 0 Å². The fourth-order valence-electron chi connectivity index (χ4n) is 4.13. The van der Waals surface area contributed by atoms with Gasteiger partial charge in [-0.3, -0.25) is 14.4 Å². The highest BCUT2D eigenvalue weighted by Gasteiger charge is 2.46. The van der Waals surface area contributed by atoms with Crippen molar-refractivity contribution >= 4 is 17.7 Å². The lowest BCUT2D eigenvalue weighted by Crippen LogP contribution is -2.52. The number of carbonyl (C=O) groups excluding carboxylic acids is 3. The molecule has 1 N–H and O–H groups in total. The van der Waals surface area contributed by atoms with Crippen LogP contribution < -0.4 is 5.32 Å². The molecule has 0 bridgehead atoms. The molecule has 0 aromatic heterocycles. The summed E-state index contributed by atoms with van der Waals surface area (Å²) < 4.78 is 0. The summed E-state index contributed by atoms with van der Waals surface area (Å²) in [6.45, 7) is 3.50. The molecule has 7 nitrogen and oxygen atoms in total. The molecule has 4 rings (SSSR count). The molecular weight excluding hydrogens is 368 g/mol. The molecule has 3 fully saturated rings. The zero-order valence-electron chi connectivity index (χ0n) is 16.7. The van der Waals surface area contributed by atoms with Crippen LogP contribution in [0.15, 0.2) is 24.3 Å². The van der Waals surface area contributed by atoms with E-state index in [1.807, 2.05) is 12.1 Å². The van der Waals surface area contributed by atoms with Crippen molar-refractivity contribution in [2.75, 3.05) is 26.2 Å². The summed E-state index contributed by atoms with van der Waals surface area (Å²) in [4.78, 5) is 40.3. The second-order valence-electron chi connectivity index (χ2n) is 8.58. The first kappa shape index (κ1) is 19.4. The summed E-state index contributed by atoms with van der Waals surface area (Å²) in [6.07, 6.45) is 3.80. The van der Waals surface area contributed by atoms with Crippen LogP contribution in [0.3, 0.4) is 0 Å². The van der Waals surface area contributed by atoms with Crippen LogP contribution in [0.2, 0.25) is 0 Å². The summed E-state index contributed by atoms with van der Waals surface area (Å²) in [5, 5.41) is 12.2. The van der Waals surface area contributed by atoms with E-state index in [1.54, 1.807) is 21.9 Å². The average Bonchev–Trinajstić information content (AvgIpc) is 3.64. The molecule has 0 spiro atoms. The molecule has 0 unspecified atom stereocenters. The highest BCUT2D eigenvalue weighted by Crippen LogP contribution is 2.47. The minimum absolute atomic E-state index is 0.0395. The summed E-state index contributed by atoms with van der Waals surface area (Å²) in [5.74, 6) is -0.0968. The Morgan fingerprint density at radius 1 is 1.00 bits per heavy atom. The lowest BCUT2D eigenvalue weighted by atomic mass is 9.96. The standard InChI is InChI=1S/C22H26N4O3/c1-16(27)24-22(8-9-22)14-19(28)25-10-12-26(13-11-25)20(29)17-2-4-18(5-3-17)21(15-23)6-7-21/h2-5H,6-14H2,1H3,(H,24,27). The number of nitrogens with zero attached hydrogens (tertiary/aromatic N) is 3. The van der Waals surface area contributed by atoms with Crippen molar-refractivity contribution in [1.82, 2.24) is 15.1 Å². The fraction of sp³-hybridized carbons (Fsp3) is 0.545. The highest BCUT2D eigenvalue weighted by molar-refractivity contribution is 5.94. The molecular formula is C22H26N4O3. The Bertz CT molecular complexity index is 870. The van der Waals surface area contributed by atoms with Crippen molar-refractivity contribution in [1.29, 1.82) is 5.26 Å². The van der Waals surface area contributed by atoms with E-state index in [1.165, 1.54) is 6.92 Å². The second kappa shape index (κ2) is 7.18. The topological polar surface area (TPSA) is 93.5 Å². The first-order valence-corrected chi connectivity index (χ1v) is 10.2. The number of hydrogen-bond donors (Lipinski definition) is 1. The molecule has 1 saturated heterocycles. The van der Waals surface area contributed by atoms with Gasteiger partial charge in [0.1, 0.15) is 0 Å². The smallest absolute Gasteiger partial charge is 0.253 e. The molecule has 3 amide bonds. The Labute approximate surface area is 170 Å². The van der Waals surface area contributed by atoms with Gasteiger partial charge >= 0.3 is 0 Å². The molecule has 1 aliphatic heterocycles. The SMILES string of the molecule is CC(=O)NC1(CC(=O)N2CCN(C(=O)c3ccc(C4(C#N)CC4)cc3)CC2)CC1. The van der Waals surface area contributed by atoms with Gasteiger partial charge < -0.3 is 15.1 Å². The number of piperazine rings is 1. The molecule has 29 heavy (non-hydrogen) atoms. The lowest BCUT2D eigenvalue weighted by molar-refractivity contribution is -0.133. The maximum absolute atomic E-state index is 12.8. The Hall–Kier alpha value is -2.88.